The number of ether oxygens (including phenoxy) is 1. The highest BCUT2D eigenvalue weighted by Gasteiger charge is 2.20. The van der Waals surface area contributed by atoms with Crippen LogP contribution in [0.1, 0.15) is 22.3 Å². The first-order chi connectivity index (χ1) is 9.95. The molecule has 3 heteroatoms. The van der Waals surface area contributed by atoms with Crippen molar-refractivity contribution in [1.29, 1.82) is 0 Å². The lowest BCUT2D eigenvalue weighted by atomic mass is 10.1. The summed E-state index contributed by atoms with van der Waals surface area (Å²) in [5, 5.41) is 9.35. The molecule has 0 aliphatic carbocycles. The van der Waals surface area contributed by atoms with Crippen LogP contribution in [0.5, 0.6) is 5.75 Å². The third-order valence-corrected chi connectivity index (χ3v) is 3.57. The molecule has 2 aromatic carbocycles. The fourth-order valence-corrected chi connectivity index (χ4v) is 2.07. The van der Waals surface area contributed by atoms with Gasteiger partial charge < -0.3 is 9.84 Å². The maximum atomic E-state index is 11.4. The van der Waals surface area contributed by atoms with Gasteiger partial charge >= 0.3 is 5.97 Å². The average molecular weight is 284 g/mol. The highest BCUT2D eigenvalue weighted by atomic mass is 16.5. The van der Waals surface area contributed by atoms with Gasteiger partial charge in [0.25, 0.3) is 0 Å². The number of aliphatic carboxylic acids is 1. The number of carbonyl (C=O) groups is 1. The number of aryl methyl sites for hydroxylation is 3. The summed E-state index contributed by atoms with van der Waals surface area (Å²) >= 11 is 0. The van der Waals surface area contributed by atoms with E-state index < -0.39 is 12.1 Å². The molecule has 0 radical (unpaired) electrons. The summed E-state index contributed by atoms with van der Waals surface area (Å²) in [6, 6.07) is 13.5. The molecule has 0 aromatic heterocycles. The van der Waals surface area contributed by atoms with Crippen LogP contribution < -0.4 is 4.74 Å². The fraction of sp³-hybridized carbons (Fsp3) is 0.278. The monoisotopic (exact) mass is 284 g/mol. The summed E-state index contributed by atoms with van der Waals surface area (Å²) < 4.78 is 5.65. The van der Waals surface area contributed by atoms with Gasteiger partial charge in [-0.1, -0.05) is 35.9 Å². The van der Waals surface area contributed by atoms with E-state index >= 15 is 0 Å². The Bertz CT molecular complexity index is 629. The minimum Gasteiger partial charge on any atom is -0.478 e. The van der Waals surface area contributed by atoms with Gasteiger partial charge in [0.15, 0.2) is 6.10 Å². The van der Waals surface area contributed by atoms with Gasteiger partial charge in [-0.3, -0.25) is 0 Å². The van der Waals surface area contributed by atoms with Crippen molar-refractivity contribution in [3.63, 3.8) is 0 Å². The van der Waals surface area contributed by atoms with Crippen LogP contribution in [0, 0.1) is 20.8 Å². The second kappa shape index (κ2) is 6.44. The lowest BCUT2D eigenvalue weighted by Crippen LogP contribution is -2.29. The molecule has 2 rings (SSSR count). The minimum atomic E-state index is -0.950. The van der Waals surface area contributed by atoms with E-state index in [9.17, 15) is 9.90 Å². The number of hydrogen-bond acceptors (Lipinski definition) is 2. The molecule has 0 aliphatic heterocycles. The molecule has 21 heavy (non-hydrogen) atoms. The molecule has 110 valence electrons. The lowest BCUT2D eigenvalue weighted by Gasteiger charge is -2.16. The Morgan fingerprint density at radius 2 is 1.71 bits per heavy atom. The van der Waals surface area contributed by atoms with Crippen molar-refractivity contribution in [3.05, 3.63) is 64.7 Å². The molecule has 0 fully saturated rings. The van der Waals surface area contributed by atoms with E-state index in [-0.39, 0.29) is 0 Å². The normalized spacial score (nSPS) is 12.0. The molecule has 1 N–H and O–H groups in total. The average Bonchev–Trinajstić information content (AvgIpc) is 2.44. The third kappa shape index (κ3) is 4.09. The van der Waals surface area contributed by atoms with Crippen LogP contribution in [0.25, 0.3) is 0 Å². The Morgan fingerprint density at radius 1 is 1.05 bits per heavy atom. The molecular weight excluding hydrogens is 264 g/mol. The van der Waals surface area contributed by atoms with E-state index in [4.69, 9.17) is 4.74 Å². The first-order valence-corrected chi connectivity index (χ1v) is 6.98. The summed E-state index contributed by atoms with van der Waals surface area (Å²) in [7, 11) is 0. The summed E-state index contributed by atoms with van der Waals surface area (Å²) in [4.78, 5) is 11.4. The van der Waals surface area contributed by atoms with Crippen molar-refractivity contribution >= 4 is 5.97 Å². The Hall–Kier alpha value is -2.29. The predicted octanol–water partition coefficient (Wildman–Crippen LogP) is 3.69. The zero-order chi connectivity index (χ0) is 15.4. The van der Waals surface area contributed by atoms with Crippen molar-refractivity contribution < 1.29 is 14.6 Å². The maximum absolute atomic E-state index is 11.4. The predicted molar refractivity (Wildman–Crippen MR) is 82.9 cm³/mol. The van der Waals surface area contributed by atoms with E-state index in [0.717, 1.165) is 22.3 Å². The quantitative estimate of drug-likeness (QED) is 0.911. The van der Waals surface area contributed by atoms with Gasteiger partial charge in [0.05, 0.1) is 0 Å². The van der Waals surface area contributed by atoms with Gasteiger partial charge in [-0.25, -0.2) is 4.79 Å². The van der Waals surface area contributed by atoms with E-state index in [2.05, 4.69) is 0 Å². The standard InChI is InChI=1S/C18H20O3/c1-12-4-7-15(8-5-12)11-17(18(19)20)21-16-9-6-13(2)14(3)10-16/h4-10,17H,11H2,1-3H3,(H,19,20)/t17-/m1/s1. The van der Waals surface area contributed by atoms with Gasteiger partial charge in [0, 0.05) is 6.42 Å². The fourth-order valence-electron chi connectivity index (χ4n) is 2.07. The second-order valence-corrected chi connectivity index (χ2v) is 5.38. The molecule has 0 spiro atoms. The molecule has 1 atom stereocenters. The molecule has 3 nitrogen and oxygen atoms in total. The lowest BCUT2D eigenvalue weighted by molar-refractivity contribution is -0.145. The Balaban J connectivity index is 2.13. The summed E-state index contributed by atoms with van der Waals surface area (Å²) in [5.41, 5.74) is 4.36. The number of hydrogen-bond donors (Lipinski definition) is 1. The van der Waals surface area contributed by atoms with Crippen LogP contribution in [0.4, 0.5) is 0 Å². The molecule has 0 saturated carbocycles. The first kappa shape index (κ1) is 15.1. The van der Waals surface area contributed by atoms with Gasteiger partial charge in [-0.05, 0) is 49.6 Å². The van der Waals surface area contributed by atoms with Crippen molar-refractivity contribution in [1.82, 2.24) is 0 Å². The largest absolute Gasteiger partial charge is 0.478 e. The summed E-state index contributed by atoms with van der Waals surface area (Å²) in [5.74, 6) is -0.355. The second-order valence-electron chi connectivity index (χ2n) is 5.38. The maximum Gasteiger partial charge on any atom is 0.345 e. The van der Waals surface area contributed by atoms with Crippen molar-refractivity contribution in [3.8, 4) is 5.75 Å². The van der Waals surface area contributed by atoms with Gasteiger partial charge in [0.2, 0.25) is 0 Å². The van der Waals surface area contributed by atoms with Crippen molar-refractivity contribution in [2.45, 2.75) is 33.3 Å². The van der Waals surface area contributed by atoms with E-state index in [1.165, 1.54) is 0 Å². The Labute approximate surface area is 125 Å². The van der Waals surface area contributed by atoms with Crippen molar-refractivity contribution in [2.24, 2.45) is 0 Å². The van der Waals surface area contributed by atoms with E-state index in [1.54, 1.807) is 0 Å². The van der Waals surface area contributed by atoms with E-state index in [0.29, 0.717) is 12.2 Å². The molecular formula is C18H20O3. The van der Waals surface area contributed by atoms with Crippen LogP contribution in [0.3, 0.4) is 0 Å². The van der Waals surface area contributed by atoms with Gasteiger partial charge in [-0.15, -0.1) is 0 Å². The molecule has 0 aliphatic rings. The summed E-state index contributed by atoms with van der Waals surface area (Å²) in [6.45, 7) is 6.00. The third-order valence-electron chi connectivity index (χ3n) is 3.57. The molecule has 0 amide bonds. The molecule has 2 aromatic rings. The van der Waals surface area contributed by atoms with Crippen LogP contribution in [-0.4, -0.2) is 17.2 Å². The molecule has 0 unspecified atom stereocenters. The van der Waals surface area contributed by atoms with Crippen LogP contribution in [-0.2, 0) is 11.2 Å². The Morgan fingerprint density at radius 3 is 2.29 bits per heavy atom. The highest BCUT2D eigenvalue weighted by molar-refractivity contribution is 5.73. The SMILES string of the molecule is Cc1ccc(C[C@@H](Oc2ccc(C)c(C)c2)C(=O)O)cc1. The van der Waals surface area contributed by atoms with Gasteiger partial charge in [-0.2, -0.15) is 0 Å². The van der Waals surface area contributed by atoms with Crippen LogP contribution in [0.15, 0.2) is 42.5 Å². The van der Waals surface area contributed by atoms with E-state index in [1.807, 2.05) is 63.2 Å². The smallest absolute Gasteiger partial charge is 0.345 e. The Kier molecular flexibility index (Phi) is 4.63. The minimum absolute atomic E-state index is 0.350. The zero-order valence-electron chi connectivity index (χ0n) is 12.6. The number of rotatable bonds is 5. The molecule has 0 bridgehead atoms. The van der Waals surface area contributed by atoms with Gasteiger partial charge in [0.1, 0.15) is 5.75 Å². The van der Waals surface area contributed by atoms with Crippen LogP contribution in [0.2, 0.25) is 0 Å². The molecule has 0 heterocycles. The molecule has 0 saturated heterocycles. The zero-order valence-corrected chi connectivity index (χ0v) is 12.6. The summed E-state index contributed by atoms with van der Waals surface area (Å²) in [6.07, 6.45) is -0.530. The van der Waals surface area contributed by atoms with Crippen LogP contribution >= 0.6 is 0 Å². The topological polar surface area (TPSA) is 46.5 Å². The first-order valence-electron chi connectivity index (χ1n) is 6.98. The number of benzene rings is 2. The highest BCUT2D eigenvalue weighted by Crippen LogP contribution is 2.19. The number of carboxylic acids is 1. The number of carboxylic acid groups (broad SMARTS) is 1. The van der Waals surface area contributed by atoms with Crippen molar-refractivity contribution in [2.75, 3.05) is 0 Å².